The largest absolute Gasteiger partial charge is 0.487 e. The van der Waals surface area contributed by atoms with E-state index in [1.807, 2.05) is 43.7 Å². The molecule has 4 heteroatoms. The third-order valence-electron chi connectivity index (χ3n) is 2.93. The van der Waals surface area contributed by atoms with Crippen LogP contribution in [0, 0.1) is 0 Å². The summed E-state index contributed by atoms with van der Waals surface area (Å²) in [6.45, 7) is 5.49. The van der Waals surface area contributed by atoms with Crippen LogP contribution in [-0.2, 0) is 13.2 Å². The van der Waals surface area contributed by atoms with Gasteiger partial charge in [0, 0.05) is 12.6 Å². The Morgan fingerprint density at radius 1 is 1.33 bits per heavy atom. The predicted molar refractivity (Wildman–Crippen MR) is 71.3 cm³/mol. The molecule has 0 fully saturated rings. The number of hydrogen-bond donors (Lipinski definition) is 1. The van der Waals surface area contributed by atoms with Crippen molar-refractivity contribution in [1.29, 1.82) is 0 Å². The highest BCUT2D eigenvalue weighted by molar-refractivity contribution is 5.28. The van der Waals surface area contributed by atoms with E-state index in [1.165, 1.54) is 0 Å². The van der Waals surface area contributed by atoms with Gasteiger partial charge in [0.15, 0.2) is 0 Å². The Morgan fingerprint density at radius 2 is 2.06 bits per heavy atom. The molecule has 0 amide bonds. The lowest BCUT2D eigenvalue weighted by Crippen LogP contribution is -2.05. The highest BCUT2D eigenvalue weighted by Gasteiger charge is 2.03. The van der Waals surface area contributed by atoms with Crippen molar-refractivity contribution in [2.45, 2.75) is 33.0 Å². The molecule has 2 rings (SSSR count). The molecule has 96 valence electrons. The van der Waals surface area contributed by atoms with E-state index in [9.17, 15) is 0 Å². The van der Waals surface area contributed by atoms with Crippen LogP contribution in [0.25, 0.3) is 0 Å². The van der Waals surface area contributed by atoms with Gasteiger partial charge in [-0.25, -0.2) is 4.98 Å². The lowest BCUT2D eigenvalue weighted by Gasteiger charge is -2.10. The fourth-order valence-corrected chi connectivity index (χ4v) is 1.78. The van der Waals surface area contributed by atoms with Gasteiger partial charge in [-0.2, -0.15) is 0 Å². The normalized spacial score (nSPS) is 12.4. The van der Waals surface area contributed by atoms with Gasteiger partial charge in [0.05, 0.1) is 18.2 Å². The molecule has 0 radical (unpaired) electrons. The molecule has 0 bridgehead atoms. The summed E-state index contributed by atoms with van der Waals surface area (Å²) in [5.41, 5.74) is 7.99. The number of rotatable bonds is 5. The summed E-state index contributed by atoms with van der Waals surface area (Å²) in [7, 11) is 0. The molecule has 0 aliphatic heterocycles. The first-order chi connectivity index (χ1) is 8.70. The number of nitrogens with zero attached hydrogens (tertiary/aromatic N) is 2. The maximum absolute atomic E-state index is 5.80. The second-order valence-electron chi connectivity index (χ2n) is 4.32. The maximum Gasteiger partial charge on any atom is 0.130 e. The molecular weight excluding hydrogens is 226 g/mol. The second-order valence-corrected chi connectivity index (χ2v) is 4.32. The molecule has 2 N–H and O–H groups in total. The number of aryl methyl sites for hydroxylation is 1. The van der Waals surface area contributed by atoms with E-state index >= 15 is 0 Å². The fourth-order valence-electron chi connectivity index (χ4n) is 1.78. The van der Waals surface area contributed by atoms with Crippen molar-refractivity contribution in [3.05, 3.63) is 48.0 Å². The number of aromatic nitrogens is 2. The van der Waals surface area contributed by atoms with Crippen molar-refractivity contribution >= 4 is 0 Å². The summed E-state index contributed by atoms with van der Waals surface area (Å²) in [5.74, 6) is 0.850. The lowest BCUT2D eigenvalue weighted by molar-refractivity contribution is 0.295. The molecule has 1 atom stereocenters. The molecule has 0 aliphatic carbocycles. The van der Waals surface area contributed by atoms with E-state index < -0.39 is 0 Å². The van der Waals surface area contributed by atoms with E-state index in [1.54, 1.807) is 0 Å². The number of benzene rings is 1. The van der Waals surface area contributed by atoms with Crippen LogP contribution in [0.3, 0.4) is 0 Å². The minimum atomic E-state index is 0.0561. The summed E-state index contributed by atoms with van der Waals surface area (Å²) < 4.78 is 7.79. The van der Waals surface area contributed by atoms with Crippen LogP contribution in [0.4, 0.5) is 0 Å². The minimum absolute atomic E-state index is 0.0561. The van der Waals surface area contributed by atoms with Crippen LogP contribution in [0.1, 0.15) is 31.1 Å². The van der Waals surface area contributed by atoms with Crippen LogP contribution in [0.2, 0.25) is 0 Å². The summed E-state index contributed by atoms with van der Waals surface area (Å²) in [6.07, 6.45) is 3.65. The summed E-state index contributed by atoms with van der Waals surface area (Å²) in [6, 6.07) is 7.95. The molecule has 1 aromatic heterocycles. The van der Waals surface area contributed by atoms with Gasteiger partial charge >= 0.3 is 0 Å². The van der Waals surface area contributed by atoms with Crippen molar-refractivity contribution in [1.82, 2.24) is 9.55 Å². The Balaban J connectivity index is 1.98. The molecule has 1 unspecified atom stereocenters. The average molecular weight is 245 g/mol. The first-order valence-electron chi connectivity index (χ1n) is 6.18. The first-order valence-corrected chi connectivity index (χ1v) is 6.18. The zero-order valence-corrected chi connectivity index (χ0v) is 10.8. The second kappa shape index (κ2) is 5.69. The summed E-state index contributed by atoms with van der Waals surface area (Å²) >= 11 is 0. The van der Waals surface area contributed by atoms with Gasteiger partial charge < -0.3 is 15.0 Å². The number of hydrogen-bond acceptors (Lipinski definition) is 3. The number of imidazole rings is 1. The number of nitrogens with two attached hydrogens (primary N) is 1. The lowest BCUT2D eigenvalue weighted by atomic mass is 10.1. The monoisotopic (exact) mass is 245 g/mol. The Kier molecular flexibility index (Phi) is 3.99. The number of ether oxygens (including phenoxy) is 1. The highest BCUT2D eigenvalue weighted by atomic mass is 16.5. The first kappa shape index (κ1) is 12.6. The average Bonchev–Trinajstić information content (AvgIpc) is 2.84. The molecule has 0 spiro atoms. The topological polar surface area (TPSA) is 53.1 Å². The Labute approximate surface area is 107 Å². The minimum Gasteiger partial charge on any atom is -0.487 e. The van der Waals surface area contributed by atoms with E-state index in [-0.39, 0.29) is 6.04 Å². The van der Waals surface area contributed by atoms with E-state index in [0.29, 0.717) is 6.61 Å². The summed E-state index contributed by atoms with van der Waals surface area (Å²) in [4.78, 5) is 4.11. The van der Waals surface area contributed by atoms with Crippen molar-refractivity contribution in [2.24, 2.45) is 5.73 Å². The van der Waals surface area contributed by atoms with Crippen LogP contribution in [0.15, 0.2) is 36.8 Å². The van der Waals surface area contributed by atoms with E-state index in [2.05, 4.69) is 16.5 Å². The quantitative estimate of drug-likeness (QED) is 0.880. The van der Waals surface area contributed by atoms with Gasteiger partial charge in [-0.3, -0.25) is 0 Å². The van der Waals surface area contributed by atoms with Crippen LogP contribution in [-0.4, -0.2) is 9.55 Å². The molecule has 0 saturated carbocycles. The molecule has 1 aromatic carbocycles. The van der Waals surface area contributed by atoms with Gasteiger partial charge in [-0.05, 0) is 31.5 Å². The maximum atomic E-state index is 5.80. The zero-order valence-electron chi connectivity index (χ0n) is 10.8. The third-order valence-corrected chi connectivity index (χ3v) is 2.93. The fraction of sp³-hybridized carbons (Fsp3) is 0.357. The van der Waals surface area contributed by atoms with Crippen LogP contribution >= 0.6 is 0 Å². The molecule has 0 aliphatic rings. The Morgan fingerprint density at radius 3 is 2.67 bits per heavy atom. The third kappa shape index (κ3) is 2.90. The van der Waals surface area contributed by atoms with Crippen molar-refractivity contribution in [3.63, 3.8) is 0 Å². The van der Waals surface area contributed by atoms with E-state index in [0.717, 1.165) is 23.6 Å². The zero-order chi connectivity index (χ0) is 13.0. The van der Waals surface area contributed by atoms with E-state index in [4.69, 9.17) is 10.5 Å². The molecular formula is C14H19N3O. The van der Waals surface area contributed by atoms with Gasteiger partial charge in [0.2, 0.25) is 0 Å². The molecule has 2 aromatic rings. The van der Waals surface area contributed by atoms with Crippen molar-refractivity contribution < 1.29 is 4.74 Å². The van der Waals surface area contributed by atoms with Gasteiger partial charge in [0.1, 0.15) is 12.4 Å². The van der Waals surface area contributed by atoms with Crippen molar-refractivity contribution in [2.75, 3.05) is 0 Å². The molecule has 1 heterocycles. The SMILES string of the molecule is CCn1cncc1COc1ccc(C(C)N)cc1. The van der Waals surface area contributed by atoms with Gasteiger partial charge in [-0.1, -0.05) is 12.1 Å². The highest BCUT2D eigenvalue weighted by Crippen LogP contribution is 2.17. The van der Waals surface area contributed by atoms with Crippen molar-refractivity contribution in [3.8, 4) is 5.75 Å². The van der Waals surface area contributed by atoms with Crippen LogP contribution < -0.4 is 10.5 Å². The molecule has 4 nitrogen and oxygen atoms in total. The smallest absolute Gasteiger partial charge is 0.130 e. The molecule has 18 heavy (non-hydrogen) atoms. The predicted octanol–water partition coefficient (Wildman–Crippen LogP) is 2.50. The van der Waals surface area contributed by atoms with Crippen LogP contribution in [0.5, 0.6) is 5.75 Å². The Bertz CT molecular complexity index is 488. The Hall–Kier alpha value is -1.81. The standard InChI is InChI=1S/C14H19N3O/c1-3-17-10-16-8-13(17)9-18-14-6-4-12(5-7-14)11(2)15/h4-8,10-11H,3,9,15H2,1-2H3. The van der Waals surface area contributed by atoms with Gasteiger partial charge in [0.25, 0.3) is 0 Å². The summed E-state index contributed by atoms with van der Waals surface area (Å²) in [5, 5.41) is 0. The molecule has 0 saturated heterocycles. The van der Waals surface area contributed by atoms with Gasteiger partial charge in [-0.15, -0.1) is 0 Å².